The van der Waals surface area contributed by atoms with Gasteiger partial charge in [-0.2, -0.15) is 0 Å². The minimum Gasteiger partial charge on any atom is -0.350 e. The highest BCUT2D eigenvalue weighted by molar-refractivity contribution is 7.90. The summed E-state index contributed by atoms with van der Waals surface area (Å²) >= 11 is 0. The second-order valence-electron chi connectivity index (χ2n) is 6.38. The maximum atomic E-state index is 12.3. The van der Waals surface area contributed by atoms with E-state index in [-0.39, 0.29) is 23.6 Å². The highest BCUT2D eigenvalue weighted by Crippen LogP contribution is 2.24. The van der Waals surface area contributed by atoms with Gasteiger partial charge in [0, 0.05) is 24.4 Å². The van der Waals surface area contributed by atoms with Crippen LogP contribution in [0.2, 0.25) is 0 Å². The van der Waals surface area contributed by atoms with E-state index in [0.29, 0.717) is 11.2 Å². The van der Waals surface area contributed by atoms with E-state index in [2.05, 4.69) is 10.3 Å². The van der Waals surface area contributed by atoms with Gasteiger partial charge in [0.05, 0.1) is 11.3 Å². The van der Waals surface area contributed by atoms with Gasteiger partial charge in [0.2, 0.25) is 0 Å². The van der Waals surface area contributed by atoms with Crippen molar-refractivity contribution >= 4 is 21.3 Å². The van der Waals surface area contributed by atoms with Crippen LogP contribution in [0.15, 0.2) is 24.4 Å². The van der Waals surface area contributed by atoms with Crippen LogP contribution in [-0.2, 0) is 15.3 Å². The molecule has 0 fully saturated rings. The van der Waals surface area contributed by atoms with E-state index in [0.717, 1.165) is 12.1 Å². The third-order valence-corrected chi connectivity index (χ3v) is 4.14. The van der Waals surface area contributed by atoms with E-state index in [4.69, 9.17) is 0 Å². The first kappa shape index (κ1) is 16.5. The first-order valence-corrected chi connectivity index (χ1v) is 9.09. The van der Waals surface area contributed by atoms with Gasteiger partial charge in [0.1, 0.15) is 15.7 Å². The van der Waals surface area contributed by atoms with Gasteiger partial charge in [-0.05, 0) is 12.1 Å². The third kappa shape index (κ3) is 3.65. The van der Waals surface area contributed by atoms with Crippen LogP contribution in [0.25, 0.3) is 5.52 Å². The summed E-state index contributed by atoms with van der Waals surface area (Å²) in [5, 5.41) is 2.62. The molecule has 0 unspecified atom stereocenters. The van der Waals surface area contributed by atoms with E-state index in [1.807, 2.05) is 49.6 Å². The van der Waals surface area contributed by atoms with Crippen molar-refractivity contribution in [2.75, 3.05) is 18.6 Å². The normalized spacial score (nSPS) is 12.5. The van der Waals surface area contributed by atoms with E-state index >= 15 is 0 Å². The minimum absolute atomic E-state index is 0.0777. The second kappa shape index (κ2) is 5.72. The molecule has 2 rings (SSSR count). The molecule has 6 nitrogen and oxygen atoms in total. The number of nitrogens with one attached hydrogen (secondary N) is 1. The molecular weight excluding hydrogens is 302 g/mol. The Morgan fingerprint density at radius 2 is 2.00 bits per heavy atom. The molecule has 1 amide bonds. The van der Waals surface area contributed by atoms with Gasteiger partial charge in [-0.1, -0.05) is 26.8 Å². The maximum absolute atomic E-state index is 12.3. The number of nitrogens with zero attached hydrogens (tertiary/aromatic N) is 2. The average molecular weight is 323 g/mol. The highest BCUT2D eigenvalue weighted by Gasteiger charge is 2.24. The van der Waals surface area contributed by atoms with Crippen LogP contribution >= 0.6 is 0 Å². The number of carbonyl (C=O) groups excluding carboxylic acids is 1. The van der Waals surface area contributed by atoms with Crippen LogP contribution in [0.5, 0.6) is 0 Å². The molecule has 2 aromatic heterocycles. The summed E-state index contributed by atoms with van der Waals surface area (Å²) in [7, 11) is -3.10. The zero-order valence-electron chi connectivity index (χ0n) is 13.3. The zero-order valence-corrected chi connectivity index (χ0v) is 14.1. The van der Waals surface area contributed by atoms with Crippen LogP contribution in [0.3, 0.4) is 0 Å². The molecule has 2 aromatic rings. The van der Waals surface area contributed by atoms with Crippen molar-refractivity contribution in [2.24, 2.45) is 0 Å². The SMILES string of the molecule is CC(C)(C)c1nc(C(=O)NCCS(C)(=O)=O)c2ccccn12. The molecule has 0 aromatic carbocycles. The van der Waals surface area contributed by atoms with Gasteiger partial charge in [0.15, 0.2) is 5.69 Å². The number of pyridine rings is 1. The van der Waals surface area contributed by atoms with Gasteiger partial charge >= 0.3 is 0 Å². The highest BCUT2D eigenvalue weighted by atomic mass is 32.2. The number of hydrogen-bond acceptors (Lipinski definition) is 4. The minimum atomic E-state index is -3.10. The van der Waals surface area contributed by atoms with Crippen molar-refractivity contribution in [1.82, 2.24) is 14.7 Å². The molecule has 1 N–H and O–H groups in total. The number of rotatable bonds is 4. The maximum Gasteiger partial charge on any atom is 0.272 e. The lowest BCUT2D eigenvalue weighted by Gasteiger charge is -2.16. The molecule has 0 atom stereocenters. The first-order chi connectivity index (χ1) is 10.1. The molecular formula is C15H21N3O3S. The molecule has 7 heteroatoms. The Morgan fingerprint density at radius 1 is 1.32 bits per heavy atom. The van der Waals surface area contributed by atoms with E-state index in [1.165, 1.54) is 0 Å². The summed E-state index contributed by atoms with van der Waals surface area (Å²) in [6, 6.07) is 5.56. The zero-order chi connectivity index (χ0) is 16.5. The number of imidazole rings is 1. The quantitative estimate of drug-likeness (QED) is 0.922. The largest absolute Gasteiger partial charge is 0.350 e. The molecule has 0 aliphatic heterocycles. The molecule has 0 bridgehead atoms. The topological polar surface area (TPSA) is 80.5 Å². The smallest absolute Gasteiger partial charge is 0.272 e. The van der Waals surface area contributed by atoms with Crippen molar-refractivity contribution in [3.8, 4) is 0 Å². The number of fused-ring (bicyclic) bond motifs is 1. The monoisotopic (exact) mass is 323 g/mol. The van der Waals surface area contributed by atoms with Gasteiger partial charge < -0.3 is 9.72 Å². The predicted molar refractivity (Wildman–Crippen MR) is 85.9 cm³/mol. The van der Waals surface area contributed by atoms with E-state index in [1.54, 1.807) is 0 Å². The molecule has 0 saturated carbocycles. The van der Waals surface area contributed by atoms with Crippen molar-refractivity contribution in [2.45, 2.75) is 26.2 Å². The Bertz CT molecular complexity index is 801. The summed E-state index contributed by atoms with van der Waals surface area (Å²) in [6.07, 6.45) is 3.01. The van der Waals surface area contributed by atoms with E-state index in [9.17, 15) is 13.2 Å². The number of amides is 1. The fraction of sp³-hybridized carbons (Fsp3) is 0.467. The number of carbonyl (C=O) groups is 1. The van der Waals surface area contributed by atoms with Crippen LogP contribution in [0.1, 0.15) is 37.1 Å². The summed E-state index contributed by atoms with van der Waals surface area (Å²) in [5.74, 6) is 0.343. The fourth-order valence-electron chi connectivity index (χ4n) is 2.17. The number of sulfone groups is 1. The Hall–Kier alpha value is -1.89. The molecule has 120 valence electrons. The van der Waals surface area contributed by atoms with Crippen molar-refractivity contribution in [3.05, 3.63) is 35.9 Å². The standard InChI is InChI=1S/C15H21N3O3S/c1-15(2,3)14-17-12(11-7-5-6-9-18(11)14)13(19)16-8-10-22(4,20)21/h5-7,9H,8,10H2,1-4H3,(H,16,19). The molecule has 0 aliphatic carbocycles. The van der Waals surface area contributed by atoms with Gasteiger partial charge in [-0.3, -0.25) is 4.79 Å². The summed E-state index contributed by atoms with van der Waals surface area (Å²) < 4.78 is 24.1. The molecule has 0 aliphatic rings. The third-order valence-electron chi connectivity index (χ3n) is 3.19. The second-order valence-corrected chi connectivity index (χ2v) is 8.64. The van der Waals surface area contributed by atoms with Crippen LogP contribution in [0, 0.1) is 0 Å². The Balaban J connectivity index is 2.33. The number of hydrogen-bond donors (Lipinski definition) is 1. The summed E-state index contributed by atoms with van der Waals surface area (Å²) in [6.45, 7) is 6.16. The Morgan fingerprint density at radius 3 is 2.59 bits per heavy atom. The summed E-state index contributed by atoms with van der Waals surface area (Å²) in [4.78, 5) is 16.8. The summed E-state index contributed by atoms with van der Waals surface area (Å²) in [5.41, 5.74) is 0.818. The van der Waals surface area contributed by atoms with Crippen LogP contribution in [-0.4, -0.2) is 42.3 Å². The van der Waals surface area contributed by atoms with Crippen molar-refractivity contribution in [3.63, 3.8) is 0 Å². The van der Waals surface area contributed by atoms with E-state index < -0.39 is 9.84 Å². The first-order valence-electron chi connectivity index (χ1n) is 7.03. The van der Waals surface area contributed by atoms with Crippen molar-refractivity contribution in [1.29, 1.82) is 0 Å². The van der Waals surface area contributed by atoms with Gasteiger partial charge in [-0.25, -0.2) is 13.4 Å². The van der Waals surface area contributed by atoms with Gasteiger partial charge in [-0.15, -0.1) is 0 Å². The predicted octanol–water partition coefficient (Wildman–Crippen LogP) is 1.41. The molecule has 22 heavy (non-hydrogen) atoms. The average Bonchev–Trinajstić information content (AvgIpc) is 2.76. The Kier molecular flexibility index (Phi) is 4.28. The fourth-order valence-corrected chi connectivity index (χ4v) is 2.64. The lowest BCUT2D eigenvalue weighted by molar-refractivity contribution is 0.0953. The molecule has 2 heterocycles. The van der Waals surface area contributed by atoms with Crippen molar-refractivity contribution < 1.29 is 13.2 Å². The molecule has 0 radical (unpaired) electrons. The molecule has 0 saturated heterocycles. The Labute approximate surface area is 130 Å². The molecule has 0 spiro atoms. The lowest BCUT2D eigenvalue weighted by Crippen LogP contribution is -2.29. The van der Waals surface area contributed by atoms with Gasteiger partial charge in [0.25, 0.3) is 5.91 Å². The number of aromatic nitrogens is 2. The lowest BCUT2D eigenvalue weighted by atomic mass is 9.96. The van der Waals surface area contributed by atoms with Crippen LogP contribution in [0.4, 0.5) is 0 Å². The van der Waals surface area contributed by atoms with Crippen LogP contribution < -0.4 is 5.32 Å².